The van der Waals surface area contributed by atoms with Gasteiger partial charge in [-0.05, 0) is 49.1 Å². The number of nitrogens with zero attached hydrogens (tertiary/aromatic N) is 4. The number of hydrogen-bond donors (Lipinski definition) is 1. The molecule has 3 aromatic rings. The fourth-order valence-corrected chi connectivity index (χ4v) is 5.14. The van der Waals surface area contributed by atoms with Gasteiger partial charge < -0.3 is 14.8 Å². The summed E-state index contributed by atoms with van der Waals surface area (Å²) in [6, 6.07) is 14.7. The van der Waals surface area contributed by atoms with E-state index in [4.69, 9.17) is 11.6 Å². The monoisotopic (exact) mass is 509 g/mol. The first-order chi connectivity index (χ1) is 17.0. The summed E-state index contributed by atoms with van der Waals surface area (Å²) < 4.78 is 1.93. The molecule has 1 aromatic heterocycles. The Balaban J connectivity index is 1.47. The van der Waals surface area contributed by atoms with Gasteiger partial charge in [-0.2, -0.15) is 0 Å². The fraction of sp³-hybridized carbons (Fsp3) is 0.308. The Morgan fingerprint density at radius 2 is 1.97 bits per heavy atom. The summed E-state index contributed by atoms with van der Waals surface area (Å²) in [6.07, 6.45) is 4.36. The van der Waals surface area contributed by atoms with Crippen molar-refractivity contribution in [2.75, 3.05) is 17.6 Å². The van der Waals surface area contributed by atoms with Gasteiger partial charge in [-0.3, -0.25) is 9.59 Å². The molecule has 1 N–H and O–H groups in total. The lowest BCUT2D eigenvalue weighted by atomic mass is 10.1. The molecule has 0 aliphatic carbocycles. The number of aryl methyl sites for hydroxylation is 1. The van der Waals surface area contributed by atoms with Gasteiger partial charge in [0.05, 0.1) is 22.4 Å². The summed E-state index contributed by atoms with van der Waals surface area (Å²) in [5.74, 6) is 0.651. The zero-order chi connectivity index (χ0) is 24.8. The number of carbonyl (C=O) groups is 2. The van der Waals surface area contributed by atoms with E-state index in [1.54, 1.807) is 24.3 Å². The molecule has 1 unspecified atom stereocenters. The van der Waals surface area contributed by atoms with E-state index in [0.717, 1.165) is 24.9 Å². The largest absolute Gasteiger partial charge is 0.328 e. The van der Waals surface area contributed by atoms with E-state index in [0.29, 0.717) is 34.7 Å². The Labute approximate surface area is 214 Å². The van der Waals surface area contributed by atoms with Crippen molar-refractivity contribution in [3.05, 3.63) is 83.2 Å². The molecule has 35 heavy (non-hydrogen) atoms. The molecule has 1 aliphatic rings. The minimum Gasteiger partial charge on any atom is -0.328 e. The van der Waals surface area contributed by atoms with Crippen LogP contribution in [0.5, 0.6) is 0 Å². The van der Waals surface area contributed by atoms with E-state index < -0.39 is 0 Å². The normalized spacial score (nSPS) is 15.3. The van der Waals surface area contributed by atoms with Crippen LogP contribution >= 0.6 is 23.4 Å². The van der Waals surface area contributed by atoms with E-state index in [9.17, 15) is 9.59 Å². The second-order valence-corrected chi connectivity index (χ2v) is 9.61. The number of likely N-dealkylation sites (tertiary alicyclic amines) is 1. The van der Waals surface area contributed by atoms with E-state index in [1.807, 2.05) is 39.8 Å². The molecular weight excluding hydrogens is 482 g/mol. The van der Waals surface area contributed by atoms with Gasteiger partial charge in [0.2, 0.25) is 5.91 Å². The van der Waals surface area contributed by atoms with Crippen molar-refractivity contribution in [1.29, 1.82) is 0 Å². The van der Waals surface area contributed by atoms with Gasteiger partial charge in [0, 0.05) is 18.8 Å². The highest BCUT2D eigenvalue weighted by Gasteiger charge is 2.35. The van der Waals surface area contributed by atoms with E-state index in [1.165, 1.54) is 17.3 Å². The van der Waals surface area contributed by atoms with Crippen LogP contribution in [0.4, 0.5) is 5.69 Å². The highest BCUT2D eigenvalue weighted by molar-refractivity contribution is 7.99. The highest BCUT2D eigenvalue weighted by Crippen LogP contribution is 2.34. The molecule has 7 nitrogen and oxygen atoms in total. The van der Waals surface area contributed by atoms with Crippen LogP contribution < -0.4 is 5.32 Å². The van der Waals surface area contributed by atoms with Gasteiger partial charge in [0.15, 0.2) is 11.0 Å². The first-order valence-corrected chi connectivity index (χ1v) is 13.0. The van der Waals surface area contributed by atoms with Crippen LogP contribution in [0.25, 0.3) is 0 Å². The van der Waals surface area contributed by atoms with E-state index in [2.05, 4.69) is 29.0 Å². The first-order valence-electron chi connectivity index (χ1n) is 11.6. The molecule has 0 bridgehead atoms. The molecule has 1 atom stereocenters. The summed E-state index contributed by atoms with van der Waals surface area (Å²) in [5.41, 5.74) is 2.46. The number of carbonyl (C=O) groups excluding carboxylic acids is 2. The average molecular weight is 510 g/mol. The molecule has 0 radical (unpaired) electrons. The van der Waals surface area contributed by atoms with E-state index >= 15 is 0 Å². The maximum absolute atomic E-state index is 13.3. The van der Waals surface area contributed by atoms with Gasteiger partial charge >= 0.3 is 0 Å². The number of anilines is 1. The summed E-state index contributed by atoms with van der Waals surface area (Å²) in [6.45, 7) is 7.06. The second-order valence-electron chi connectivity index (χ2n) is 8.26. The fourth-order valence-electron chi connectivity index (χ4n) is 4.17. The Morgan fingerprint density at radius 1 is 1.20 bits per heavy atom. The van der Waals surface area contributed by atoms with Gasteiger partial charge in [0.25, 0.3) is 5.91 Å². The minimum atomic E-state index is -0.216. The second kappa shape index (κ2) is 11.6. The van der Waals surface area contributed by atoms with Crippen LogP contribution in [0, 0.1) is 0 Å². The Morgan fingerprint density at radius 3 is 2.69 bits per heavy atom. The van der Waals surface area contributed by atoms with Crippen molar-refractivity contribution in [3.8, 4) is 0 Å². The van der Waals surface area contributed by atoms with Gasteiger partial charge in [0.1, 0.15) is 0 Å². The smallest absolute Gasteiger partial charge is 0.255 e. The maximum atomic E-state index is 13.3. The summed E-state index contributed by atoms with van der Waals surface area (Å²) in [4.78, 5) is 27.6. The van der Waals surface area contributed by atoms with Gasteiger partial charge in [-0.25, -0.2) is 0 Å². The van der Waals surface area contributed by atoms with Crippen LogP contribution in [-0.4, -0.2) is 43.8 Å². The number of amides is 2. The van der Waals surface area contributed by atoms with Crippen molar-refractivity contribution in [2.24, 2.45) is 0 Å². The van der Waals surface area contributed by atoms with Crippen LogP contribution in [0.1, 0.15) is 47.6 Å². The molecule has 9 heteroatoms. The highest BCUT2D eigenvalue weighted by atomic mass is 35.5. The van der Waals surface area contributed by atoms with Crippen LogP contribution in [0.2, 0.25) is 5.02 Å². The first kappa shape index (κ1) is 25.0. The topological polar surface area (TPSA) is 80.1 Å². The third kappa shape index (κ3) is 5.77. The zero-order valence-electron chi connectivity index (χ0n) is 19.6. The van der Waals surface area contributed by atoms with Gasteiger partial charge in [-0.15, -0.1) is 16.8 Å². The SMILES string of the molecule is C=CCn1c(SCC(=O)Nc2ccc(CC)cc2)nnc1C1CCCN1C(=O)c1ccccc1Cl. The number of thioether (sulfide) groups is 1. The van der Waals surface area contributed by atoms with Crippen molar-refractivity contribution in [3.63, 3.8) is 0 Å². The molecule has 1 fully saturated rings. The molecule has 2 aromatic carbocycles. The lowest BCUT2D eigenvalue weighted by Gasteiger charge is -2.25. The molecule has 182 valence electrons. The molecule has 2 amide bonds. The molecular formula is C26H28ClN5O2S. The van der Waals surface area contributed by atoms with Crippen LogP contribution in [-0.2, 0) is 17.8 Å². The summed E-state index contributed by atoms with van der Waals surface area (Å²) >= 11 is 7.60. The number of allylic oxidation sites excluding steroid dienone is 1. The minimum absolute atomic E-state index is 0.117. The zero-order valence-corrected chi connectivity index (χ0v) is 21.2. The Bertz CT molecular complexity index is 1210. The number of rotatable bonds is 9. The number of hydrogen-bond acceptors (Lipinski definition) is 5. The molecule has 1 saturated heterocycles. The molecule has 4 rings (SSSR count). The van der Waals surface area contributed by atoms with Crippen molar-refractivity contribution in [1.82, 2.24) is 19.7 Å². The van der Waals surface area contributed by atoms with Crippen molar-refractivity contribution < 1.29 is 9.59 Å². The average Bonchev–Trinajstić information content (AvgIpc) is 3.50. The molecule has 2 heterocycles. The number of benzene rings is 2. The third-order valence-corrected chi connectivity index (χ3v) is 7.25. The quantitative estimate of drug-likeness (QED) is 0.309. The predicted molar refractivity (Wildman–Crippen MR) is 140 cm³/mol. The van der Waals surface area contributed by atoms with Crippen LogP contribution in [0.15, 0.2) is 66.3 Å². The lowest BCUT2D eigenvalue weighted by Crippen LogP contribution is -2.32. The third-order valence-electron chi connectivity index (χ3n) is 5.95. The summed E-state index contributed by atoms with van der Waals surface area (Å²) in [7, 11) is 0. The van der Waals surface area contributed by atoms with Crippen molar-refractivity contribution >= 4 is 40.9 Å². The lowest BCUT2D eigenvalue weighted by molar-refractivity contribution is -0.113. The standard InChI is InChI=1S/C26H28ClN5O2S/c1-3-15-32-24(22-10-7-16-31(22)25(34)20-8-5-6-9-21(20)27)29-30-26(32)35-17-23(33)28-19-13-11-18(4-2)12-14-19/h3,5-6,8-9,11-14,22H,1,4,7,10,15-17H2,2H3,(H,28,33). The molecule has 0 saturated carbocycles. The van der Waals surface area contributed by atoms with Crippen molar-refractivity contribution in [2.45, 2.75) is 43.9 Å². The summed E-state index contributed by atoms with van der Waals surface area (Å²) in [5, 5.41) is 12.8. The molecule has 1 aliphatic heterocycles. The maximum Gasteiger partial charge on any atom is 0.255 e. The number of halogens is 1. The number of nitrogens with one attached hydrogen (secondary N) is 1. The Kier molecular flexibility index (Phi) is 8.25. The number of aromatic nitrogens is 3. The van der Waals surface area contributed by atoms with Gasteiger partial charge in [-0.1, -0.05) is 60.6 Å². The Hall–Kier alpha value is -3.10. The molecule has 0 spiro atoms. The van der Waals surface area contributed by atoms with Crippen LogP contribution in [0.3, 0.4) is 0 Å². The predicted octanol–water partition coefficient (Wildman–Crippen LogP) is 5.39. The van der Waals surface area contributed by atoms with E-state index in [-0.39, 0.29) is 23.6 Å².